The monoisotopic (exact) mass is 186 g/mol. The van der Waals surface area contributed by atoms with Crippen molar-refractivity contribution in [2.75, 3.05) is 0 Å². The molecule has 2 N–H and O–H groups in total. The normalized spacial score (nSPS) is 14.2. The van der Waals surface area contributed by atoms with Crippen molar-refractivity contribution in [1.82, 2.24) is 4.98 Å². The number of pyridine rings is 1. The van der Waals surface area contributed by atoms with Crippen molar-refractivity contribution in [3.63, 3.8) is 0 Å². The Hall–Kier alpha value is -0.940. The summed E-state index contributed by atoms with van der Waals surface area (Å²) in [4.78, 5) is 3.89. The molecule has 1 aromatic rings. The summed E-state index contributed by atoms with van der Waals surface area (Å²) in [7, 11) is -3.52. The number of sulfonamides is 1. The number of nitrogens with two attached hydrogens (primary N) is 1. The Morgan fingerprint density at radius 1 is 1.50 bits per heavy atom. The molecule has 66 valence electrons. The Morgan fingerprint density at radius 3 is 2.58 bits per heavy atom. The molecule has 1 unspecified atom stereocenters. The third-order valence-electron chi connectivity index (χ3n) is 1.60. The molecule has 12 heavy (non-hydrogen) atoms. The summed E-state index contributed by atoms with van der Waals surface area (Å²) in [5.74, 6) is 0. The molecule has 0 aliphatic rings. The summed E-state index contributed by atoms with van der Waals surface area (Å²) in [5.41, 5.74) is 0.472. The summed E-state index contributed by atoms with van der Waals surface area (Å²) in [6.45, 7) is 1.51. The molecule has 0 spiro atoms. The number of hydrogen-bond acceptors (Lipinski definition) is 3. The standard InChI is InChI=1S/C7H10N2O2S/c1-6(12(8,10)11)7-4-2-3-5-9-7/h2-6H,1H3,(H2,8,10,11). The highest BCUT2D eigenvalue weighted by molar-refractivity contribution is 7.89. The van der Waals surface area contributed by atoms with Gasteiger partial charge in [0.25, 0.3) is 0 Å². The molecule has 0 radical (unpaired) electrons. The van der Waals surface area contributed by atoms with Gasteiger partial charge in [0.15, 0.2) is 0 Å². The van der Waals surface area contributed by atoms with Crippen LogP contribution in [0.5, 0.6) is 0 Å². The smallest absolute Gasteiger partial charge is 0.217 e. The Bertz CT molecular complexity index is 347. The molecule has 1 rings (SSSR count). The van der Waals surface area contributed by atoms with Crippen LogP contribution in [0.3, 0.4) is 0 Å². The lowest BCUT2D eigenvalue weighted by Gasteiger charge is -2.06. The van der Waals surface area contributed by atoms with E-state index in [1.165, 1.54) is 13.1 Å². The van der Waals surface area contributed by atoms with Crippen LogP contribution in [-0.2, 0) is 10.0 Å². The predicted molar refractivity (Wildman–Crippen MR) is 45.8 cm³/mol. The third-order valence-corrected chi connectivity index (χ3v) is 2.82. The second-order valence-corrected chi connectivity index (χ2v) is 4.37. The molecule has 1 heterocycles. The van der Waals surface area contributed by atoms with Gasteiger partial charge in [-0.1, -0.05) is 6.07 Å². The van der Waals surface area contributed by atoms with E-state index in [-0.39, 0.29) is 0 Å². The minimum Gasteiger partial charge on any atom is -0.260 e. The quantitative estimate of drug-likeness (QED) is 0.728. The Labute approximate surface area is 71.5 Å². The highest BCUT2D eigenvalue weighted by atomic mass is 32.2. The first-order valence-electron chi connectivity index (χ1n) is 3.44. The number of rotatable bonds is 2. The van der Waals surface area contributed by atoms with Gasteiger partial charge in [0.05, 0.1) is 5.69 Å². The van der Waals surface area contributed by atoms with Gasteiger partial charge in [0.1, 0.15) is 5.25 Å². The molecule has 5 heteroatoms. The third kappa shape index (κ3) is 2.02. The zero-order chi connectivity index (χ0) is 9.19. The Kier molecular flexibility index (Phi) is 2.44. The van der Waals surface area contributed by atoms with Crippen molar-refractivity contribution in [2.24, 2.45) is 5.14 Å². The van der Waals surface area contributed by atoms with Crippen LogP contribution in [0, 0.1) is 0 Å². The van der Waals surface area contributed by atoms with Gasteiger partial charge in [-0.25, -0.2) is 13.6 Å². The van der Waals surface area contributed by atoms with Crippen molar-refractivity contribution >= 4 is 10.0 Å². The van der Waals surface area contributed by atoms with Crippen LogP contribution in [0.25, 0.3) is 0 Å². The van der Waals surface area contributed by atoms with Gasteiger partial charge in [0, 0.05) is 6.20 Å². The van der Waals surface area contributed by atoms with Crippen LogP contribution in [0.2, 0.25) is 0 Å². The summed E-state index contributed by atoms with van der Waals surface area (Å²) in [5, 5.41) is 4.21. The van der Waals surface area contributed by atoms with Gasteiger partial charge < -0.3 is 0 Å². The van der Waals surface area contributed by atoms with E-state index < -0.39 is 15.3 Å². The summed E-state index contributed by atoms with van der Waals surface area (Å²) < 4.78 is 21.7. The van der Waals surface area contributed by atoms with Crippen LogP contribution in [0.1, 0.15) is 17.9 Å². The number of nitrogens with zero attached hydrogens (tertiary/aromatic N) is 1. The largest absolute Gasteiger partial charge is 0.260 e. The minimum atomic E-state index is -3.52. The first-order valence-corrected chi connectivity index (χ1v) is 5.05. The average Bonchev–Trinajstić information content (AvgIpc) is 2.03. The second-order valence-electron chi connectivity index (χ2n) is 2.49. The van der Waals surface area contributed by atoms with Gasteiger partial charge in [-0.15, -0.1) is 0 Å². The van der Waals surface area contributed by atoms with Gasteiger partial charge in [-0.05, 0) is 19.1 Å². The molecule has 0 bridgehead atoms. The van der Waals surface area contributed by atoms with E-state index >= 15 is 0 Å². The molecular weight excluding hydrogens is 176 g/mol. The highest BCUT2D eigenvalue weighted by Gasteiger charge is 2.18. The van der Waals surface area contributed by atoms with E-state index in [2.05, 4.69) is 4.98 Å². The molecule has 0 fully saturated rings. The molecule has 0 saturated heterocycles. The zero-order valence-electron chi connectivity index (χ0n) is 6.64. The highest BCUT2D eigenvalue weighted by Crippen LogP contribution is 2.15. The fourth-order valence-electron chi connectivity index (χ4n) is 0.785. The molecule has 0 amide bonds. The van der Waals surface area contributed by atoms with Gasteiger partial charge in [0.2, 0.25) is 10.0 Å². The van der Waals surface area contributed by atoms with Gasteiger partial charge >= 0.3 is 0 Å². The second kappa shape index (κ2) is 3.20. The molecule has 0 aliphatic carbocycles. The fourth-order valence-corrected chi connectivity index (χ4v) is 1.26. The van der Waals surface area contributed by atoms with Crippen molar-refractivity contribution in [3.05, 3.63) is 30.1 Å². The van der Waals surface area contributed by atoms with E-state index in [1.807, 2.05) is 0 Å². The summed E-state index contributed by atoms with van der Waals surface area (Å²) in [6, 6.07) is 5.08. The summed E-state index contributed by atoms with van der Waals surface area (Å²) >= 11 is 0. The molecule has 1 aromatic heterocycles. The summed E-state index contributed by atoms with van der Waals surface area (Å²) in [6.07, 6.45) is 1.54. The predicted octanol–water partition coefficient (Wildman–Crippen LogP) is 0.431. The maximum Gasteiger partial charge on any atom is 0.217 e. The topological polar surface area (TPSA) is 73.0 Å². The maximum absolute atomic E-state index is 10.9. The number of hydrogen-bond donors (Lipinski definition) is 1. The lowest BCUT2D eigenvalue weighted by molar-refractivity contribution is 0.586. The van der Waals surface area contributed by atoms with E-state index in [1.54, 1.807) is 18.2 Å². The van der Waals surface area contributed by atoms with Crippen LogP contribution in [0.15, 0.2) is 24.4 Å². The van der Waals surface area contributed by atoms with Crippen molar-refractivity contribution in [2.45, 2.75) is 12.2 Å². The Balaban J connectivity index is 3.02. The van der Waals surface area contributed by atoms with Gasteiger partial charge in [-0.2, -0.15) is 0 Å². The van der Waals surface area contributed by atoms with Crippen LogP contribution < -0.4 is 5.14 Å². The first-order chi connectivity index (χ1) is 5.52. The number of aromatic nitrogens is 1. The molecule has 1 atom stereocenters. The van der Waals surface area contributed by atoms with E-state index in [0.717, 1.165) is 0 Å². The van der Waals surface area contributed by atoms with Crippen LogP contribution in [-0.4, -0.2) is 13.4 Å². The SMILES string of the molecule is CC(c1ccccn1)S(N)(=O)=O. The lowest BCUT2D eigenvalue weighted by Crippen LogP contribution is -2.19. The first kappa shape index (κ1) is 9.15. The average molecular weight is 186 g/mol. The zero-order valence-corrected chi connectivity index (χ0v) is 7.45. The van der Waals surface area contributed by atoms with E-state index in [9.17, 15) is 8.42 Å². The molecular formula is C7H10N2O2S. The lowest BCUT2D eigenvalue weighted by atomic mass is 10.3. The van der Waals surface area contributed by atoms with Crippen LogP contribution in [0.4, 0.5) is 0 Å². The van der Waals surface area contributed by atoms with E-state index in [4.69, 9.17) is 5.14 Å². The van der Waals surface area contributed by atoms with Crippen molar-refractivity contribution in [1.29, 1.82) is 0 Å². The van der Waals surface area contributed by atoms with Crippen molar-refractivity contribution in [3.8, 4) is 0 Å². The van der Waals surface area contributed by atoms with E-state index in [0.29, 0.717) is 5.69 Å². The molecule has 0 aromatic carbocycles. The fraction of sp³-hybridized carbons (Fsp3) is 0.286. The number of primary sulfonamides is 1. The van der Waals surface area contributed by atoms with Crippen LogP contribution >= 0.6 is 0 Å². The maximum atomic E-state index is 10.9. The minimum absolute atomic E-state index is 0.472. The molecule has 0 aliphatic heterocycles. The van der Waals surface area contributed by atoms with Gasteiger partial charge in [-0.3, -0.25) is 4.98 Å². The molecule has 4 nitrogen and oxygen atoms in total. The molecule has 0 saturated carbocycles. The Morgan fingerprint density at radius 2 is 2.17 bits per heavy atom. The van der Waals surface area contributed by atoms with Crippen molar-refractivity contribution < 1.29 is 8.42 Å².